The first kappa shape index (κ1) is 11.9. The fourth-order valence-corrected chi connectivity index (χ4v) is 1.22. The van der Waals surface area contributed by atoms with E-state index in [9.17, 15) is 5.11 Å². The number of aliphatic hydroxyl groups excluding tert-OH is 2. The SMILES string of the molecule is Cc1nc(C)c(C)c(NC[C@@H](O)CO)n1. The maximum atomic E-state index is 9.19. The molecule has 15 heavy (non-hydrogen) atoms. The molecule has 1 heterocycles. The van der Waals surface area contributed by atoms with E-state index in [-0.39, 0.29) is 13.2 Å². The van der Waals surface area contributed by atoms with Gasteiger partial charge in [0.15, 0.2) is 0 Å². The Morgan fingerprint density at radius 1 is 1.27 bits per heavy atom. The Morgan fingerprint density at radius 2 is 1.93 bits per heavy atom. The Bertz CT molecular complexity index is 342. The molecular formula is C10H17N3O2. The monoisotopic (exact) mass is 211 g/mol. The normalized spacial score (nSPS) is 12.6. The first-order valence-corrected chi connectivity index (χ1v) is 4.89. The molecule has 1 aromatic rings. The number of anilines is 1. The minimum Gasteiger partial charge on any atom is -0.394 e. The van der Waals surface area contributed by atoms with Crippen LogP contribution in [0, 0.1) is 20.8 Å². The van der Waals surface area contributed by atoms with E-state index in [1.807, 2.05) is 20.8 Å². The second kappa shape index (κ2) is 5.04. The lowest BCUT2D eigenvalue weighted by molar-refractivity contribution is 0.105. The minimum atomic E-state index is -0.764. The second-order valence-corrected chi connectivity index (χ2v) is 3.55. The summed E-state index contributed by atoms with van der Waals surface area (Å²) in [5.41, 5.74) is 1.88. The molecule has 0 bridgehead atoms. The Hall–Kier alpha value is -1.20. The van der Waals surface area contributed by atoms with Crippen LogP contribution in [0.25, 0.3) is 0 Å². The molecule has 0 saturated heterocycles. The number of aromatic nitrogens is 2. The van der Waals surface area contributed by atoms with Gasteiger partial charge >= 0.3 is 0 Å². The van der Waals surface area contributed by atoms with Crippen molar-refractivity contribution >= 4 is 5.82 Å². The fourth-order valence-electron chi connectivity index (χ4n) is 1.22. The topological polar surface area (TPSA) is 78.3 Å². The molecule has 0 aliphatic carbocycles. The lowest BCUT2D eigenvalue weighted by Gasteiger charge is -2.13. The number of aryl methyl sites for hydroxylation is 2. The summed E-state index contributed by atoms with van der Waals surface area (Å²) in [6.07, 6.45) is -0.764. The van der Waals surface area contributed by atoms with E-state index in [1.54, 1.807) is 0 Å². The first-order valence-electron chi connectivity index (χ1n) is 4.89. The van der Waals surface area contributed by atoms with E-state index < -0.39 is 6.10 Å². The molecule has 84 valence electrons. The first-order chi connectivity index (χ1) is 7.04. The van der Waals surface area contributed by atoms with Gasteiger partial charge in [0.1, 0.15) is 11.6 Å². The summed E-state index contributed by atoms with van der Waals surface area (Å²) in [7, 11) is 0. The lowest BCUT2D eigenvalue weighted by atomic mass is 10.2. The van der Waals surface area contributed by atoms with E-state index in [1.165, 1.54) is 0 Å². The molecule has 5 heteroatoms. The lowest BCUT2D eigenvalue weighted by Crippen LogP contribution is -2.24. The van der Waals surface area contributed by atoms with Crippen LogP contribution in [0.15, 0.2) is 0 Å². The standard InChI is InChI=1S/C10H17N3O2/c1-6-7(2)12-8(3)13-10(6)11-4-9(15)5-14/h9,14-15H,4-5H2,1-3H3,(H,11,12,13)/t9-/m1/s1. The Morgan fingerprint density at radius 3 is 2.53 bits per heavy atom. The smallest absolute Gasteiger partial charge is 0.132 e. The Labute approximate surface area is 89.2 Å². The molecule has 0 spiro atoms. The molecule has 0 radical (unpaired) electrons. The van der Waals surface area contributed by atoms with Gasteiger partial charge in [-0.2, -0.15) is 0 Å². The van der Waals surface area contributed by atoms with Gasteiger partial charge in [0.2, 0.25) is 0 Å². The van der Waals surface area contributed by atoms with Crippen molar-refractivity contribution in [2.75, 3.05) is 18.5 Å². The van der Waals surface area contributed by atoms with E-state index in [0.717, 1.165) is 11.3 Å². The molecule has 1 aromatic heterocycles. The number of nitrogens with zero attached hydrogens (tertiary/aromatic N) is 2. The van der Waals surface area contributed by atoms with Crippen LogP contribution >= 0.6 is 0 Å². The van der Waals surface area contributed by atoms with Crippen LogP contribution in [0.1, 0.15) is 17.1 Å². The molecular weight excluding hydrogens is 194 g/mol. The van der Waals surface area contributed by atoms with E-state index in [0.29, 0.717) is 11.6 Å². The maximum Gasteiger partial charge on any atom is 0.132 e. The van der Waals surface area contributed by atoms with Gasteiger partial charge in [0.25, 0.3) is 0 Å². The Balaban J connectivity index is 2.76. The van der Waals surface area contributed by atoms with Crippen molar-refractivity contribution in [1.29, 1.82) is 0 Å². The van der Waals surface area contributed by atoms with Gasteiger partial charge in [0.05, 0.1) is 12.7 Å². The Kier molecular flexibility index (Phi) is 3.99. The quantitative estimate of drug-likeness (QED) is 0.661. The fraction of sp³-hybridized carbons (Fsp3) is 0.600. The van der Waals surface area contributed by atoms with Crippen LogP contribution < -0.4 is 5.32 Å². The van der Waals surface area contributed by atoms with E-state index in [2.05, 4.69) is 15.3 Å². The van der Waals surface area contributed by atoms with Crippen LogP contribution in [0.4, 0.5) is 5.82 Å². The number of hydrogen-bond donors (Lipinski definition) is 3. The molecule has 1 atom stereocenters. The third-order valence-electron chi connectivity index (χ3n) is 2.22. The third-order valence-corrected chi connectivity index (χ3v) is 2.22. The third kappa shape index (κ3) is 3.14. The van der Waals surface area contributed by atoms with Crippen molar-refractivity contribution in [2.24, 2.45) is 0 Å². The zero-order chi connectivity index (χ0) is 11.4. The van der Waals surface area contributed by atoms with Crippen molar-refractivity contribution < 1.29 is 10.2 Å². The zero-order valence-corrected chi connectivity index (χ0v) is 9.28. The molecule has 5 nitrogen and oxygen atoms in total. The molecule has 0 aliphatic rings. The van der Waals surface area contributed by atoms with Crippen molar-refractivity contribution in [2.45, 2.75) is 26.9 Å². The number of nitrogens with one attached hydrogen (secondary N) is 1. The van der Waals surface area contributed by atoms with E-state index in [4.69, 9.17) is 5.11 Å². The van der Waals surface area contributed by atoms with Crippen molar-refractivity contribution in [3.8, 4) is 0 Å². The van der Waals surface area contributed by atoms with Gasteiger partial charge in [-0.25, -0.2) is 9.97 Å². The van der Waals surface area contributed by atoms with Crippen LogP contribution in [0.3, 0.4) is 0 Å². The largest absolute Gasteiger partial charge is 0.394 e. The highest BCUT2D eigenvalue weighted by Gasteiger charge is 2.07. The van der Waals surface area contributed by atoms with Crippen molar-refractivity contribution in [3.05, 3.63) is 17.1 Å². The molecule has 0 aliphatic heterocycles. The molecule has 0 fully saturated rings. The summed E-state index contributed by atoms with van der Waals surface area (Å²) < 4.78 is 0. The average Bonchev–Trinajstić information content (AvgIpc) is 2.20. The van der Waals surface area contributed by atoms with E-state index >= 15 is 0 Å². The van der Waals surface area contributed by atoms with Gasteiger partial charge in [-0.3, -0.25) is 0 Å². The summed E-state index contributed by atoms with van der Waals surface area (Å²) in [5.74, 6) is 1.41. The molecule has 3 N–H and O–H groups in total. The molecule has 0 saturated carbocycles. The number of rotatable bonds is 4. The summed E-state index contributed by atoms with van der Waals surface area (Å²) >= 11 is 0. The predicted molar refractivity (Wildman–Crippen MR) is 57.8 cm³/mol. The molecule has 1 rings (SSSR count). The predicted octanol–water partition coefficient (Wildman–Crippen LogP) is 0.167. The van der Waals surface area contributed by atoms with Gasteiger partial charge in [-0.1, -0.05) is 0 Å². The van der Waals surface area contributed by atoms with Crippen molar-refractivity contribution in [3.63, 3.8) is 0 Å². The highest BCUT2D eigenvalue weighted by Crippen LogP contribution is 2.14. The van der Waals surface area contributed by atoms with Gasteiger partial charge in [-0.15, -0.1) is 0 Å². The van der Waals surface area contributed by atoms with Crippen LogP contribution in [-0.4, -0.2) is 39.4 Å². The van der Waals surface area contributed by atoms with Gasteiger partial charge in [-0.05, 0) is 20.8 Å². The molecule has 0 amide bonds. The zero-order valence-electron chi connectivity index (χ0n) is 9.28. The summed E-state index contributed by atoms with van der Waals surface area (Å²) in [4.78, 5) is 8.44. The highest BCUT2D eigenvalue weighted by molar-refractivity contribution is 5.45. The summed E-state index contributed by atoms with van der Waals surface area (Å²) in [6.45, 7) is 5.68. The van der Waals surface area contributed by atoms with Crippen LogP contribution in [-0.2, 0) is 0 Å². The average molecular weight is 211 g/mol. The van der Waals surface area contributed by atoms with Crippen molar-refractivity contribution in [1.82, 2.24) is 9.97 Å². The second-order valence-electron chi connectivity index (χ2n) is 3.55. The molecule has 0 aromatic carbocycles. The van der Waals surface area contributed by atoms with Crippen LogP contribution in [0.2, 0.25) is 0 Å². The minimum absolute atomic E-state index is 0.255. The van der Waals surface area contributed by atoms with Gasteiger partial charge in [0, 0.05) is 17.8 Å². The maximum absolute atomic E-state index is 9.19. The highest BCUT2D eigenvalue weighted by atomic mass is 16.3. The number of aliphatic hydroxyl groups is 2. The van der Waals surface area contributed by atoms with Gasteiger partial charge < -0.3 is 15.5 Å². The number of hydrogen-bond acceptors (Lipinski definition) is 5. The summed E-state index contributed by atoms with van der Waals surface area (Å²) in [6, 6.07) is 0. The van der Waals surface area contributed by atoms with Crippen LogP contribution in [0.5, 0.6) is 0 Å². The summed E-state index contributed by atoms with van der Waals surface area (Å²) in [5, 5.41) is 20.8. The molecule has 0 unspecified atom stereocenters.